The number of halogens is 4. The maximum absolute atomic E-state index is 14.0. The Bertz CT molecular complexity index is 1410. The molecule has 1 saturated heterocycles. The van der Waals surface area contributed by atoms with Gasteiger partial charge in [0.15, 0.2) is 17.5 Å². The van der Waals surface area contributed by atoms with Crippen molar-refractivity contribution in [2.45, 2.75) is 10.8 Å². The summed E-state index contributed by atoms with van der Waals surface area (Å²) in [5.74, 6) is -5.90. The fourth-order valence-electron chi connectivity index (χ4n) is 3.58. The van der Waals surface area contributed by atoms with Crippen molar-refractivity contribution >= 4 is 44.8 Å². The number of amides is 2. The molecule has 0 radical (unpaired) electrons. The highest BCUT2D eigenvalue weighted by atomic mass is 35.5. The maximum Gasteiger partial charge on any atom is 0.257 e. The molecule has 36 heavy (non-hydrogen) atoms. The first-order valence-corrected chi connectivity index (χ1v) is 13.3. The van der Waals surface area contributed by atoms with Crippen LogP contribution in [0.5, 0.6) is 0 Å². The molecule has 1 fully saturated rings. The largest absolute Gasteiger partial charge is 0.347 e. The number of hydrogen-bond donors (Lipinski definition) is 1. The van der Waals surface area contributed by atoms with Crippen LogP contribution in [0.1, 0.15) is 25.6 Å². The molecule has 190 valence electrons. The Labute approximate surface area is 214 Å². The minimum atomic E-state index is -3.87. The second kappa shape index (κ2) is 10.6. The fourth-order valence-corrected chi connectivity index (χ4v) is 6.58. The summed E-state index contributed by atoms with van der Waals surface area (Å²) in [6, 6.07) is 10.9. The van der Waals surface area contributed by atoms with E-state index in [9.17, 15) is 31.2 Å². The summed E-state index contributed by atoms with van der Waals surface area (Å²) < 4.78 is 68.0. The van der Waals surface area contributed by atoms with Gasteiger partial charge in [-0.05, 0) is 48.5 Å². The molecule has 2 aromatic carbocycles. The lowest BCUT2D eigenvalue weighted by Crippen LogP contribution is -2.50. The Morgan fingerprint density at radius 1 is 0.917 bits per heavy atom. The molecule has 0 spiro atoms. The van der Waals surface area contributed by atoms with E-state index in [4.69, 9.17) is 11.6 Å². The fraction of sp³-hybridized carbons (Fsp3) is 0.217. The van der Waals surface area contributed by atoms with E-state index in [0.717, 1.165) is 17.4 Å². The third kappa shape index (κ3) is 5.41. The lowest BCUT2D eigenvalue weighted by molar-refractivity contribution is 0.0691. The van der Waals surface area contributed by atoms with Crippen LogP contribution in [-0.4, -0.2) is 55.6 Å². The average molecular weight is 558 g/mol. The molecule has 3 aromatic rings. The minimum absolute atomic E-state index is 0.0497. The molecule has 1 N–H and O–H groups in total. The van der Waals surface area contributed by atoms with Crippen LogP contribution in [0.4, 0.5) is 13.2 Å². The Balaban J connectivity index is 1.36. The standard InChI is InChI=1S/C23H19ClF3N3O4S2/c24-15-3-1-14(2-4-15)22(31)28-13-16-5-8-19(35-16)36(33,34)30-11-9-29(10-12-30)23(32)17-6-7-18(25)21(27)20(17)26/h1-8H,9-13H2,(H,28,31). The molecular formula is C23H19ClF3N3O4S2. The van der Waals surface area contributed by atoms with Gasteiger partial charge in [-0.2, -0.15) is 4.31 Å². The third-order valence-electron chi connectivity index (χ3n) is 5.55. The second-order valence-electron chi connectivity index (χ2n) is 7.83. The molecule has 0 bridgehead atoms. The van der Waals surface area contributed by atoms with Gasteiger partial charge in [-0.25, -0.2) is 21.6 Å². The zero-order chi connectivity index (χ0) is 26.0. The Hall–Kier alpha value is -2.93. The number of piperazine rings is 1. The number of hydrogen-bond acceptors (Lipinski definition) is 5. The molecule has 0 aliphatic carbocycles. The highest BCUT2D eigenvalue weighted by Crippen LogP contribution is 2.26. The number of benzene rings is 2. The van der Waals surface area contributed by atoms with Crippen molar-refractivity contribution in [1.82, 2.24) is 14.5 Å². The van der Waals surface area contributed by atoms with Crippen molar-refractivity contribution < 1.29 is 31.2 Å². The van der Waals surface area contributed by atoms with E-state index in [-0.39, 0.29) is 42.8 Å². The highest BCUT2D eigenvalue weighted by Gasteiger charge is 2.32. The summed E-state index contributed by atoms with van der Waals surface area (Å²) in [4.78, 5) is 26.6. The maximum atomic E-state index is 14.0. The molecule has 0 atom stereocenters. The number of thiophene rings is 1. The molecule has 13 heteroatoms. The zero-order valence-electron chi connectivity index (χ0n) is 18.5. The quantitative estimate of drug-likeness (QED) is 0.466. The van der Waals surface area contributed by atoms with Gasteiger partial charge in [0.05, 0.1) is 12.1 Å². The van der Waals surface area contributed by atoms with Crippen LogP contribution >= 0.6 is 22.9 Å². The van der Waals surface area contributed by atoms with Crippen molar-refractivity contribution in [1.29, 1.82) is 0 Å². The molecule has 1 aliphatic heterocycles. The summed E-state index contributed by atoms with van der Waals surface area (Å²) in [5, 5.41) is 3.22. The van der Waals surface area contributed by atoms with E-state index < -0.39 is 38.9 Å². The number of nitrogens with one attached hydrogen (secondary N) is 1. The van der Waals surface area contributed by atoms with Gasteiger partial charge in [0.1, 0.15) is 4.21 Å². The van der Waals surface area contributed by atoms with E-state index in [1.807, 2.05) is 0 Å². The molecule has 1 aliphatic rings. The van der Waals surface area contributed by atoms with Gasteiger partial charge in [0, 0.05) is 41.6 Å². The summed E-state index contributed by atoms with van der Waals surface area (Å²) in [7, 11) is -3.87. The molecule has 4 rings (SSSR count). The predicted molar refractivity (Wildman–Crippen MR) is 128 cm³/mol. The van der Waals surface area contributed by atoms with Crippen LogP contribution in [0.3, 0.4) is 0 Å². The molecule has 7 nitrogen and oxygen atoms in total. The first kappa shape index (κ1) is 26.1. The van der Waals surface area contributed by atoms with Gasteiger partial charge >= 0.3 is 0 Å². The van der Waals surface area contributed by atoms with Crippen LogP contribution in [0, 0.1) is 17.5 Å². The van der Waals surface area contributed by atoms with Crippen molar-refractivity contribution in [3.63, 3.8) is 0 Å². The molecule has 2 heterocycles. The summed E-state index contributed by atoms with van der Waals surface area (Å²) in [6.45, 7) is -0.0821. The minimum Gasteiger partial charge on any atom is -0.347 e. The van der Waals surface area contributed by atoms with Gasteiger partial charge in [0.25, 0.3) is 21.8 Å². The van der Waals surface area contributed by atoms with Crippen LogP contribution in [0.25, 0.3) is 0 Å². The summed E-state index contributed by atoms with van der Waals surface area (Å²) in [5.41, 5.74) is -0.201. The Morgan fingerprint density at radius 3 is 2.25 bits per heavy atom. The van der Waals surface area contributed by atoms with E-state index in [1.54, 1.807) is 30.3 Å². The van der Waals surface area contributed by atoms with Crippen molar-refractivity contribution in [2.75, 3.05) is 26.2 Å². The van der Waals surface area contributed by atoms with Gasteiger partial charge in [-0.1, -0.05) is 11.6 Å². The SMILES string of the molecule is O=C(NCc1ccc(S(=O)(=O)N2CCN(C(=O)c3ccc(F)c(F)c3F)CC2)s1)c1ccc(Cl)cc1. The lowest BCUT2D eigenvalue weighted by Gasteiger charge is -2.33. The molecular weight excluding hydrogens is 539 g/mol. The van der Waals surface area contributed by atoms with E-state index in [0.29, 0.717) is 21.5 Å². The lowest BCUT2D eigenvalue weighted by atomic mass is 10.1. The van der Waals surface area contributed by atoms with Crippen molar-refractivity contribution in [3.8, 4) is 0 Å². The average Bonchev–Trinajstić information content (AvgIpc) is 3.36. The Kier molecular flexibility index (Phi) is 7.69. The predicted octanol–water partition coefficient (Wildman–Crippen LogP) is 3.90. The van der Waals surface area contributed by atoms with Gasteiger partial charge in [0.2, 0.25) is 0 Å². The number of sulfonamides is 1. The normalized spacial score (nSPS) is 14.6. The molecule has 1 aromatic heterocycles. The number of nitrogens with zero attached hydrogens (tertiary/aromatic N) is 2. The van der Waals surface area contributed by atoms with Crippen LogP contribution in [-0.2, 0) is 16.6 Å². The zero-order valence-corrected chi connectivity index (χ0v) is 20.9. The smallest absolute Gasteiger partial charge is 0.257 e. The summed E-state index contributed by atoms with van der Waals surface area (Å²) >= 11 is 6.83. The van der Waals surface area contributed by atoms with E-state index in [2.05, 4.69) is 5.32 Å². The van der Waals surface area contributed by atoms with Crippen molar-refractivity contribution in [3.05, 3.63) is 87.0 Å². The van der Waals surface area contributed by atoms with Gasteiger partial charge in [-0.15, -0.1) is 11.3 Å². The van der Waals surface area contributed by atoms with Crippen molar-refractivity contribution in [2.24, 2.45) is 0 Å². The molecule has 2 amide bonds. The first-order valence-electron chi connectivity index (χ1n) is 10.6. The van der Waals surface area contributed by atoms with Gasteiger partial charge < -0.3 is 10.2 Å². The number of carbonyl (C=O) groups is 2. The van der Waals surface area contributed by atoms with E-state index >= 15 is 0 Å². The Morgan fingerprint density at radius 2 is 1.58 bits per heavy atom. The third-order valence-corrected chi connectivity index (χ3v) is 9.26. The van der Waals surface area contributed by atoms with Crippen LogP contribution in [0.15, 0.2) is 52.7 Å². The monoisotopic (exact) mass is 557 g/mol. The first-order chi connectivity index (χ1) is 17.1. The molecule has 0 saturated carbocycles. The number of rotatable bonds is 6. The second-order valence-corrected chi connectivity index (χ2v) is 11.6. The van der Waals surface area contributed by atoms with Crippen LogP contribution in [0.2, 0.25) is 5.02 Å². The number of carbonyl (C=O) groups excluding carboxylic acids is 2. The topological polar surface area (TPSA) is 86.8 Å². The molecule has 0 unspecified atom stereocenters. The summed E-state index contributed by atoms with van der Waals surface area (Å²) in [6.07, 6.45) is 0. The highest BCUT2D eigenvalue weighted by molar-refractivity contribution is 7.91. The van der Waals surface area contributed by atoms with E-state index in [1.165, 1.54) is 15.3 Å². The van der Waals surface area contributed by atoms with Gasteiger partial charge in [-0.3, -0.25) is 9.59 Å². The van der Waals surface area contributed by atoms with Crippen LogP contribution < -0.4 is 5.32 Å².